The van der Waals surface area contributed by atoms with Crippen molar-refractivity contribution in [1.29, 1.82) is 0 Å². The van der Waals surface area contributed by atoms with Gasteiger partial charge in [-0.05, 0) is 54.1 Å². The first-order valence-corrected chi connectivity index (χ1v) is 9.00. The van der Waals surface area contributed by atoms with E-state index in [2.05, 4.69) is 0 Å². The first kappa shape index (κ1) is 17.6. The van der Waals surface area contributed by atoms with E-state index in [1.54, 1.807) is 18.2 Å². The lowest BCUT2D eigenvalue weighted by Crippen LogP contribution is -2.13. The summed E-state index contributed by atoms with van der Waals surface area (Å²) in [5.41, 5.74) is 1.05. The van der Waals surface area contributed by atoms with E-state index < -0.39 is 22.1 Å². The average Bonchev–Trinajstić information content (AvgIpc) is 2.60. The lowest BCUT2D eigenvalue weighted by molar-refractivity contribution is 0.0694. The van der Waals surface area contributed by atoms with Crippen molar-refractivity contribution < 1.29 is 27.3 Å². The Morgan fingerprint density at radius 1 is 0.846 bits per heavy atom. The van der Waals surface area contributed by atoms with Gasteiger partial charge in [-0.1, -0.05) is 29.8 Å². The molecule has 0 aromatic heterocycles. The zero-order valence-corrected chi connectivity index (χ0v) is 14.5. The standard InChI is InChI=1S/C19H14O6S/c1-12-2-8-17(9-3-12)26(23,24)25-19(22)16-7-5-13-10-15(18(20)21)6-4-14(13)11-16/h2-11H,1H3,(H,20,21). The summed E-state index contributed by atoms with van der Waals surface area (Å²) in [6.45, 7) is 1.81. The molecule has 3 rings (SSSR count). The molecule has 7 heteroatoms. The minimum absolute atomic E-state index is 0.0521. The minimum Gasteiger partial charge on any atom is -0.478 e. The van der Waals surface area contributed by atoms with Crippen LogP contribution in [0.15, 0.2) is 65.6 Å². The van der Waals surface area contributed by atoms with E-state index in [1.807, 2.05) is 6.92 Å². The van der Waals surface area contributed by atoms with Gasteiger partial charge in [0.1, 0.15) is 4.90 Å². The molecule has 6 nitrogen and oxygen atoms in total. The summed E-state index contributed by atoms with van der Waals surface area (Å²) >= 11 is 0. The summed E-state index contributed by atoms with van der Waals surface area (Å²) in [7, 11) is -4.22. The number of hydrogen-bond acceptors (Lipinski definition) is 5. The molecular formula is C19H14O6S. The van der Waals surface area contributed by atoms with Gasteiger partial charge in [-0.15, -0.1) is 0 Å². The Labute approximate surface area is 149 Å². The maximum atomic E-state index is 12.2. The molecule has 0 saturated heterocycles. The predicted octanol–water partition coefficient (Wildman–Crippen LogP) is 3.39. The van der Waals surface area contributed by atoms with Crippen molar-refractivity contribution in [3.05, 3.63) is 77.4 Å². The number of carbonyl (C=O) groups excluding carboxylic acids is 1. The van der Waals surface area contributed by atoms with E-state index in [9.17, 15) is 18.0 Å². The van der Waals surface area contributed by atoms with E-state index in [-0.39, 0.29) is 16.0 Å². The van der Waals surface area contributed by atoms with E-state index >= 15 is 0 Å². The Morgan fingerprint density at radius 3 is 1.96 bits per heavy atom. The number of aromatic carboxylic acids is 1. The molecule has 3 aromatic carbocycles. The SMILES string of the molecule is Cc1ccc(S(=O)(=O)OC(=O)c2ccc3cc(C(=O)O)ccc3c2)cc1. The topological polar surface area (TPSA) is 97.7 Å². The molecule has 0 spiro atoms. The molecule has 0 aliphatic rings. The fraction of sp³-hybridized carbons (Fsp3) is 0.0526. The van der Waals surface area contributed by atoms with Crippen LogP contribution >= 0.6 is 0 Å². The Kier molecular flexibility index (Phi) is 4.48. The quantitative estimate of drug-likeness (QED) is 0.707. The second-order valence-corrected chi connectivity index (χ2v) is 7.27. The first-order chi connectivity index (χ1) is 12.3. The smallest absolute Gasteiger partial charge is 0.354 e. The predicted molar refractivity (Wildman–Crippen MR) is 94.7 cm³/mol. The number of fused-ring (bicyclic) bond motifs is 1. The van der Waals surface area contributed by atoms with Crippen molar-refractivity contribution in [3.63, 3.8) is 0 Å². The Balaban J connectivity index is 1.88. The van der Waals surface area contributed by atoms with Crippen LogP contribution in [0.3, 0.4) is 0 Å². The summed E-state index contributed by atoms with van der Waals surface area (Å²) in [5.74, 6) is -2.06. The lowest BCUT2D eigenvalue weighted by Gasteiger charge is -2.07. The van der Waals surface area contributed by atoms with Gasteiger partial charge in [0.05, 0.1) is 11.1 Å². The van der Waals surface area contributed by atoms with Crippen LogP contribution in [0.5, 0.6) is 0 Å². The first-order valence-electron chi connectivity index (χ1n) is 7.59. The van der Waals surface area contributed by atoms with Gasteiger partial charge in [0, 0.05) is 0 Å². The second kappa shape index (κ2) is 6.61. The number of aryl methyl sites for hydroxylation is 1. The Hall–Kier alpha value is -3.19. The van der Waals surface area contributed by atoms with Crippen molar-refractivity contribution in [1.82, 2.24) is 0 Å². The average molecular weight is 370 g/mol. The van der Waals surface area contributed by atoms with Crippen LogP contribution in [0, 0.1) is 6.92 Å². The molecule has 1 N–H and O–H groups in total. The van der Waals surface area contributed by atoms with E-state index in [0.717, 1.165) is 5.56 Å². The maximum Gasteiger partial charge on any atom is 0.354 e. The van der Waals surface area contributed by atoms with Crippen LogP contribution in [0.25, 0.3) is 10.8 Å². The van der Waals surface area contributed by atoms with Crippen LogP contribution in [0.4, 0.5) is 0 Å². The summed E-state index contributed by atoms with van der Waals surface area (Å²) in [5, 5.41) is 10.2. The highest BCUT2D eigenvalue weighted by atomic mass is 32.2. The molecule has 26 heavy (non-hydrogen) atoms. The van der Waals surface area contributed by atoms with Crippen molar-refractivity contribution >= 4 is 32.8 Å². The third kappa shape index (κ3) is 3.57. The lowest BCUT2D eigenvalue weighted by atomic mass is 10.0. The molecule has 0 aliphatic heterocycles. The fourth-order valence-corrected chi connectivity index (χ4v) is 3.27. The molecule has 0 atom stereocenters. The van der Waals surface area contributed by atoms with Gasteiger partial charge < -0.3 is 9.29 Å². The van der Waals surface area contributed by atoms with Crippen LogP contribution in [-0.2, 0) is 14.3 Å². The molecule has 0 bridgehead atoms. The largest absolute Gasteiger partial charge is 0.478 e. The van der Waals surface area contributed by atoms with Crippen molar-refractivity contribution in [2.75, 3.05) is 0 Å². The highest BCUT2D eigenvalue weighted by Crippen LogP contribution is 2.20. The normalized spacial score (nSPS) is 11.3. The maximum absolute atomic E-state index is 12.2. The Morgan fingerprint density at radius 2 is 1.38 bits per heavy atom. The molecule has 0 fully saturated rings. The van der Waals surface area contributed by atoms with Gasteiger partial charge in [-0.25, -0.2) is 9.59 Å². The third-order valence-electron chi connectivity index (χ3n) is 3.82. The van der Waals surface area contributed by atoms with Crippen LogP contribution in [-0.4, -0.2) is 25.5 Å². The van der Waals surface area contributed by atoms with Crippen LogP contribution < -0.4 is 0 Å². The van der Waals surface area contributed by atoms with Crippen molar-refractivity contribution in [2.24, 2.45) is 0 Å². The third-order valence-corrected chi connectivity index (χ3v) is 5.04. The van der Waals surface area contributed by atoms with Crippen LogP contribution in [0.1, 0.15) is 26.3 Å². The van der Waals surface area contributed by atoms with Crippen LogP contribution in [0.2, 0.25) is 0 Å². The van der Waals surface area contributed by atoms with Gasteiger partial charge in [-0.2, -0.15) is 8.42 Å². The molecule has 132 valence electrons. The number of carboxylic acids is 1. The minimum atomic E-state index is -4.22. The fourth-order valence-electron chi connectivity index (χ4n) is 2.41. The number of carboxylic acid groups (broad SMARTS) is 1. The Bertz CT molecular complexity index is 1110. The number of hydrogen-bond donors (Lipinski definition) is 1. The number of carbonyl (C=O) groups is 2. The zero-order valence-electron chi connectivity index (χ0n) is 13.7. The van der Waals surface area contributed by atoms with Gasteiger partial charge in [-0.3, -0.25) is 0 Å². The van der Waals surface area contributed by atoms with Gasteiger partial charge in [0.25, 0.3) is 0 Å². The second-order valence-electron chi connectivity index (χ2n) is 5.72. The van der Waals surface area contributed by atoms with Gasteiger partial charge >= 0.3 is 22.1 Å². The summed E-state index contributed by atoms with van der Waals surface area (Å²) in [6, 6.07) is 14.7. The zero-order chi connectivity index (χ0) is 18.9. The highest BCUT2D eigenvalue weighted by Gasteiger charge is 2.21. The number of rotatable bonds is 4. The van der Waals surface area contributed by atoms with Gasteiger partial charge in [0.15, 0.2) is 0 Å². The molecule has 0 heterocycles. The molecular weight excluding hydrogens is 356 g/mol. The molecule has 0 unspecified atom stereocenters. The van der Waals surface area contributed by atoms with E-state index in [1.165, 1.54) is 42.5 Å². The monoisotopic (exact) mass is 370 g/mol. The van der Waals surface area contributed by atoms with Crippen molar-refractivity contribution in [2.45, 2.75) is 11.8 Å². The van der Waals surface area contributed by atoms with E-state index in [0.29, 0.717) is 10.8 Å². The summed E-state index contributed by atoms with van der Waals surface area (Å²) < 4.78 is 29.1. The summed E-state index contributed by atoms with van der Waals surface area (Å²) in [6.07, 6.45) is 0. The highest BCUT2D eigenvalue weighted by molar-refractivity contribution is 7.87. The summed E-state index contributed by atoms with van der Waals surface area (Å²) in [4.78, 5) is 23.1. The van der Waals surface area contributed by atoms with Gasteiger partial charge in [0.2, 0.25) is 0 Å². The molecule has 0 radical (unpaired) electrons. The molecule has 0 aliphatic carbocycles. The van der Waals surface area contributed by atoms with Crippen molar-refractivity contribution in [3.8, 4) is 0 Å². The molecule has 0 amide bonds. The number of benzene rings is 3. The van der Waals surface area contributed by atoms with E-state index in [4.69, 9.17) is 9.29 Å². The molecule has 3 aromatic rings. The molecule has 0 saturated carbocycles.